The molecule has 0 spiro atoms. The van der Waals surface area contributed by atoms with E-state index in [0.717, 1.165) is 31.8 Å². The zero-order valence-electron chi connectivity index (χ0n) is 12.4. The summed E-state index contributed by atoms with van der Waals surface area (Å²) in [6.45, 7) is 6.19. The SMILES string of the molecule is CC(C)C1CCCN(C(=O)c2cc(N)cc(N)c2)CC1. The van der Waals surface area contributed by atoms with E-state index in [4.69, 9.17) is 11.5 Å². The number of amides is 1. The summed E-state index contributed by atoms with van der Waals surface area (Å²) in [6, 6.07) is 5.10. The molecule has 0 aliphatic carbocycles. The molecule has 1 aromatic rings. The Labute approximate surface area is 121 Å². The summed E-state index contributed by atoms with van der Waals surface area (Å²) < 4.78 is 0. The van der Waals surface area contributed by atoms with Crippen LogP contribution in [-0.2, 0) is 0 Å². The number of hydrogen-bond donors (Lipinski definition) is 2. The van der Waals surface area contributed by atoms with Crippen molar-refractivity contribution in [3.8, 4) is 0 Å². The summed E-state index contributed by atoms with van der Waals surface area (Å²) >= 11 is 0. The lowest BCUT2D eigenvalue weighted by atomic mass is 9.89. The van der Waals surface area contributed by atoms with Crippen molar-refractivity contribution in [3.05, 3.63) is 23.8 Å². The molecule has 1 aromatic carbocycles. The van der Waals surface area contributed by atoms with Gasteiger partial charge < -0.3 is 16.4 Å². The van der Waals surface area contributed by atoms with Crippen molar-refractivity contribution >= 4 is 17.3 Å². The third-order valence-corrected chi connectivity index (χ3v) is 4.23. The maximum Gasteiger partial charge on any atom is 0.254 e. The van der Waals surface area contributed by atoms with E-state index in [0.29, 0.717) is 22.9 Å². The molecular weight excluding hydrogens is 250 g/mol. The predicted molar refractivity (Wildman–Crippen MR) is 83.3 cm³/mol. The topological polar surface area (TPSA) is 72.3 Å². The third-order valence-electron chi connectivity index (χ3n) is 4.23. The van der Waals surface area contributed by atoms with Gasteiger partial charge in [0.05, 0.1) is 0 Å². The van der Waals surface area contributed by atoms with E-state index in [9.17, 15) is 4.79 Å². The van der Waals surface area contributed by atoms with E-state index in [-0.39, 0.29) is 5.91 Å². The highest BCUT2D eigenvalue weighted by Gasteiger charge is 2.23. The second-order valence-electron chi connectivity index (χ2n) is 6.12. The number of nitrogens with zero attached hydrogens (tertiary/aromatic N) is 1. The third kappa shape index (κ3) is 3.44. The Bertz CT molecular complexity index is 464. The second-order valence-corrected chi connectivity index (χ2v) is 6.12. The van der Waals surface area contributed by atoms with Gasteiger partial charge in [-0.25, -0.2) is 0 Å². The van der Waals surface area contributed by atoms with E-state index in [1.807, 2.05) is 4.90 Å². The molecular formula is C16H25N3O. The van der Waals surface area contributed by atoms with Crippen molar-refractivity contribution in [3.63, 3.8) is 0 Å². The van der Waals surface area contributed by atoms with Crippen LogP contribution in [0.15, 0.2) is 18.2 Å². The molecule has 4 heteroatoms. The Hall–Kier alpha value is -1.71. The molecule has 0 saturated carbocycles. The molecule has 1 atom stereocenters. The monoisotopic (exact) mass is 275 g/mol. The smallest absolute Gasteiger partial charge is 0.254 e. The molecule has 4 nitrogen and oxygen atoms in total. The van der Waals surface area contributed by atoms with Crippen LogP contribution in [0, 0.1) is 11.8 Å². The normalized spacial score (nSPS) is 19.9. The lowest BCUT2D eigenvalue weighted by Gasteiger charge is -2.22. The zero-order chi connectivity index (χ0) is 14.7. The molecule has 4 N–H and O–H groups in total. The standard InChI is InChI=1S/C16H25N3O/c1-11(2)12-4-3-6-19(7-5-12)16(20)13-8-14(17)10-15(18)9-13/h8-12H,3-7,17-18H2,1-2H3. The molecule has 1 saturated heterocycles. The lowest BCUT2D eigenvalue weighted by Crippen LogP contribution is -2.32. The Kier molecular flexibility index (Phi) is 4.53. The molecule has 1 aliphatic heterocycles. The number of likely N-dealkylation sites (tertiary alicyclic amines) is 1. The minimum Gasteiger partial charge on any atom is -0.399 e. The summed E-state index contributed by atoms with van der Waals surface area (Å²) in [5, 5.41) is 0. The van der Waals surface area contributed by atoms with Crippen molar-refractivity contribution in [2.24, 2.45) is 11.8 Å². The zero-order valence-corrected chi connectivity index (χ0v) is 12.4. The van der Waals surface area contributed by atoms with Crippen LogP contribution in [0.1, 0.15) is 43.5 Å². The molecule has 1 aliphatic rings. The van der Waals surface area contributed by atoms with Crippen molar-refractivity contribution in [2.45, 2.75) is 33.1 Å². The summed E-state index contributed by atoms with van der Waals surface area (Å²) in [7, 11) is 0. The number of rotatable bonds is 2. The first-order valence-corrected chi connectivity index (χ1v) is 7.42. The van der Waals surface area contributed by atoms with Gasteiger partial charge in [0.1, 0.15) is 0 Å². The number of nitrogens with two attached hydrogens (primary N) is 2. The molecule has 1 amide bonds. The van der Waals surface area contributed by atoms with Gasteiger partial charge in [-0.05, 0) is 49.3 Å². The maximum atomic E-state index is 12.5. The first-order valence-electron chi connectivity index (χ1n) is 7.42. The molecule has 1 fully saturated rings. The van der Waals surface area contributed by atoms with Gasteiger partial charge in [0, 0.05) is 30.0 Å². The van der Waals surface area contributed by atoms with Gasteiger partial charge in [0.2, 0.25) is 0 Å². The van der Waals surface area contributed by atoms with Crippen molar-refractivity contribution in [1.29, 1.82) is 0 Å². The Balaban J connectivity index is 2.09. The van der Waals surface area contributed by atoms with Crippen molar-refractivity contribution < 1.29 is 4.79 Å². The Morgan fingerprint density at radius 1 is 1.15 bits per heavy atom. The average molecular weight is 275 g/mol. The van der Waals surface area contributed by atoms with Crippen molar-refractivity contribution in [2.75, 3.05) is 24.6 Å². The van der Waals surface area contributed by atoms with Crippen LogP contribution in [-0.4, -0.2) is 23.9 Å². The van der Waals surface area contributed by atoms with Crippen LogP contribution in [0.2, 0.25) is 0 Å². The van der Waals surface area contributed by atoms with Crippen LogP contribution >= 0.6 is 0 Å². The van der Waals surface area contributed by atoms with Crippen LogP contribution in [0.4, 0.5) is 11.4 Å². The van der Waals surface area contributed by atoms with Gasteiger partial charge in [-0.1, -0.05) is 13.8 Å². The molecule has 0 aromatic heterocycles. The second kappa shape index (κ2) is 6.16. The predicted octanol–water partition coefficient (Wildman–Crippen LogP) is 2.75. The highest BCUT2D eigenvalue weighted by molar-refractivity contribution is 5.96. The lowest BCUT2D eigenvalue weighted by molar-refractivity contribution is 0.0759. The molecule has 110 valence electrons. The number of nitrogen functional groups attached to an aromatic ring is 2. The highest BCUT2D eigenvalue weighted by Crippen LogP contribution is 2.25. The van der Waals surface area contributed by atoms with Gasteiger partial charge >= 0.3 is 0 Å². The van der Waals surface area contributed by atoms with Crippen LogP contribution in [0.5, 0.6) is 0 Å². The minimum absolute atomic E-state index is 0.0495. The minimum atomic E-state index is 0.0495. The first-order chi connectivity index (χ1) is 9.47. The summed E-state index contributed by atoms with van der Waals surface area (Å²) in [4.78, 5) is 14.5. The number of hydrogen-bond acceptors (Lipinski definition) is 3. The fourth-order valence-electron chi connectivity index (χ4n) is 2.97. The summed E-state index contributed by atoms with van der Waals surface area (Å²) in [6.07, 6.45) is 3.37. The first kappa shape index (κ1) is 14.7. The molecule has 1 unspecified atom stereocenters. The molecule has 0 radical (unpaired) electrons. The van der Waals surface area contributed by atoms with Gasteiger partial charge in [0.25, 0.3) is 5.91 Å². The van der Waals surface area contributed by atoms with E-state index < -0.39 is 0 Å². The summed E-state index contributed by atoms with van der Waals surface area (Å²) in [5.41, 5.74) is 13.2. The van der Waals surface area contributed by atoms with Crippen LogP contribution in [0.3, 0.4) is 0 Å². The van der Waals surface area contributed by atoms with Gasteiger partial charge in [-0.2, -0.15) is 0 Å². The van der Waals surface area contributed by atoms with Crippen LogP contribution in [0.25, 0.3) is 0 Å². The van der Waals surface area contributed by atoms with Gasteiger partial charge in [0.15, 0.2) is 0 Å². The number of carbonyl (C=O) groups is 1. The van der Waals surface area contributed by atoms with Crippen LogP contribution < -0.4 is 11.5 Å². The van der Waals surface area contributed by atoms with E-state index >= 15 is 0 Å². The van der Waals surface area contributed by atoms with E-state index in [1.54, 1.807) is 18.2 Å². The number of carbonyl (C=O) groups excluding carboxylic acids is 1. The van der Waals surface area contributed by atoms with E-state index in [1.165, 1.54) is 6.42 Å². The fraction of sp³-hybridized carbons (Fsp3) is 0.562. The van der Waals surface area contributed by atoms with Crippen molar-refractivity contribution in [1.82, 2.24) is 4.90 Å². The number of anilines is 2. The average Bonchev–Trinajstić information content (AvgIpc) is 2.62. The number of benzene rings is 1. The molecule has 20 heavy (non-hydrogen) atoms. The highest BCUT2D eigenvalue weighted by atomic mass is 16.2. The maximum absolute atomic E-state index is 12.5. The summed E-state index contributed by atoms with van der Waals surface area (Å²) in [5.74, 6) is 1.46. The Morgan fingerprint density at radius 2 is 1.80 bits per heavy atom. The molecule has 1 heterocycles. The van der Waals surface area contributed by atoms with Gasteiger partial charge in [-0.15, -0.1) is 0 Å². The quantitative estimate of drug-likeness (QED) is 0.815. The largest absolute Gasteiger partial charge is 0.399 e. The molecule has 0 bridgehead atoms. The molecule has 2 rings (SSSR count). The van der Waals surface area contributed by atoms with E-state index in [2.05, 4.69) is 13.8 Å². The van der Waals surface area contributed by atoms with Gasteiger partial charge in [-0.3, -0.25) is 4.79 Å². The Morgan fingerprint density at radius 3 is 2.40 bits per heavy atom. The fourth-order valence-corrected chi connectivity index (χ4v) is 2.97.